The zero-order valence-electron chi connectivity index (χ0n) is 25.2. The number of carboxylic acids is 1. The second kappa shape index (κ2) is 13.6. The van der Waals surface area contributed by atoms with Crippen molar-refractivity contribution in [2.24, 2.45) is 0 Å². The third-order valence-corrected chi connectivity index (χ3v) is 12.7. The summed E-state index contributed by atoms with van der Waals surface area (Å²) in [6.45, 7) is 15.9. The van der Waals surface area contributed by atoms with Crippen molar-refractivity contribution in [3.63, 3.8) is 0 Å². The second-order valence-electron chi connectivity index (χ2n) is 12.2. The minimum atomic E-state index is -1.73. The molecule has 5 heteroatoms. The molecule has 0 spiro atoms. The lowest BCUT2D eigenvalue weighted by Crippen LogP contribution is -2.41. The van der Waals surface area contributed by atoms with Gasteiger partial charge in [-0.05, 0) is 103 Å². The van der Waals surface area contributed by atoms with Crippen LogP contribution in [0.5, 0.6) is 0 Å². The highest BCUT2D eigenvalue weighted by Gasteiger charge is 2.36. The molecule has 3 aromatic carbocycles. The monoisotopic (exact) mass is 560 g/mol. The van der Waals surface area contributed by atoms with Crippen molar-refractivity contribution in [2.45, 2.75) is 84.9 Å². The first kappa shape index (κ1) is 31.5. The van der Waals surface area contributed by atoms with Crippen LogP contribution in [0.3, 0.4) is 0 Å². The van der Waals surface area contributed by atoms with E-state index in [0.717, 1.165) is 60.1 Å². The lowest BCUT2D eigenvalue weighted by Gasteiger charge is -2.36. The average Bonchev–Trinajstić information content (AvgIpc) is 2.89. The van der Waals surface area contributed by atoms with Gasteiger partial charge in [0, 0.05) is 17.7 Å². The molecular formula is C35H45FO3Si. The topological polar surface area (TPSA) is 46.5 Å². The first-order valence-corrected chi connectivity index (χ1v) is 17.3. The largest absolute Gasteiger partial charge is 0.478 e. The molecule has 3 aromatic rings. The molecule has 3 nitrogen and oxygen atoms in total. The number of rotatable bonds is 12. The Morgan fingerprint density at radius 3 is 2.15 bits per heavy atom. The Bertz CT molecular complexity index is 1350. The molecule has 0 aliphatic carbocycles. The fourth-order valence-electron chi connectivity index (χ4n) is 4.55. The predicted molar refractivity (Wildman–Crippen MR) is 168 cm³/mol. The molecule has 3 rings (SSSR count). The van der Waals surface area contributed by atoms with Gasteiger partial charge in [-0.15, -0.1) is 0 Å². The fourth-order valence-corrected chi connectivity index (χ4v) is 5.64. The van der Waals surface area contributed by atoms with Gasteiger partial charge in [0.2, 0.25) is 0 Å². The normalized spacial score (nSPS) is 12.6. The molecule has 1 N–H and O–H groups in total. The third-order valence-electron chi connectivity index (χ3n) is 8.13. The van der Waals surface area contributed by atoms with Gasteiger partial charge in [-0.2, -0.15) is 0 Å². The molecule has 0 radical (unpaired) electrons. The summed E-state index contributed by atoms with van der Waals surface area (Å²) in [5.74, 6) is -1.12. The smallest absolute Gasteiger partial charge is 0.331 e. The maximum Gasteiger partial charge on any atom is 0.331 e. The summed E-state index contributed by atoms with van der Waals surface area (Å²) < 4.78 is 21.7. The maximum absolute atomic E-state index is 15.3. The molecule has 0 bridgehead atoms. The van der Waals surface area contributed by atoms with Crippen molar-refractivity contribution < 1.29 is 18.7 Å². The Labute approximate surface area is 241 Å². The standard InChI is InChI=1S/C35H45FO3Si/c1-8-30-23-27(13-10-20-39-40(6,7)35(3,4)5)16-18-31(30)32-19-17-28(24-33(32)36)15-14-26-11-9-12-29(22-26)21-25(2)34(37)38/h9,11-12,16-19,21-24H,8,10,13-15,20H2,1-7H3,(H,37,38). The quantitative estimate of drug-likeness (QED) is 0.136. The molecule has 0 aliphatic rings. The molecule has 0 atom stereocenters. The molecule has 0 aliphatic heterocycles. The average molecular weight is 561 g/mol. The number of benzene rings is 3. The Balaban J connectivity index is 1.65. The molecule has 0 fully saturated rings. The van der Waals surface area contributed by atoms with Gasteiger partial charge < -0.3 is 9.53 Å². The van der Waals surface area contributed by atoms with E-state index in [4.69, 9.17) is 9.53 Å². The van der Waals surface area contributed by atoms with Crippen LogP contribution in [-0.4, -0.2) is 26.0 Å². The van der Waals surface area contributed by atoms with Crippen LogP contribution in [0.25, 0.3) is 17.2 Å². The van der Waals surface area contributed by atoms with Crippen molar-refractivity contribution in [2.75, 3.05) is 6.61 Å². The van der Waals surface area contributed by atoms with E-state index in [1.807, 2.05) is 36.4 Å². The van der Waals surface area contributed by atoms with E-state index in [0.29, 0.717) is 17.6 Å². The van der Waals surface area contributed by atoms with E-state index in [2.05, 4.69) is 59.0 Å². The lowest BCUT2D eigenvalue weighted by molar-refractivity contribution is -0.132. The van der Waals surface area contributed by atoms with Gasteiger partial charge in [-0.1, -0.05) is 82.3 Å². The van der Waals surface area contributed by atoms with Gasteiger partial charge in [-0.3, -0.25) is 0 Å². The molecule has 0 unspecified atom stereocenters. The number of carbonyl (C=O) groups is 1. The van der Waals surface area contributed by atoms with E-state index in [1.54, 1.807) is 19.1 Å². The van der Waals surface area contributed by atoms with Crippen molar-refractivity contribution >= 4 is 20.4 Å². The number of carboxylic acid groups (broad SMARTS) is 1. The van der Waals surface area contributed by atoms with Gasteiger partial charge in [-0.25, -0.2) is 9.18 Å². The van der Waals surface area contributed by atoms with Crippen LogP contribution in [0.15, 0.2) is 66.2 Å². The summed E-state index contributed by atoms with van der Waals surface area (Å²) in [7, 11) is -1.73. The van der Waals surface area contributed by atoms with E-state index >= 15 is 4.39 Å². The van der Waals surface area contributed by atoms with Gasteiger partial charge >= 0.3 is 5.97 Å². The van der Waals surface area contributed by atoms with Gasteiger partial charge in [0.25, 0.3) is 0 Å². The van der Waals surface area contributed by atoms with E-state index in [9.17, 15) is 4.79 Å². The molecular weight excluding hydrogens is 515 g/mol. The minimum absolute atomic E-state index is 0.198. The van der Waals surface area contributed by atoms with Crippen molar-refractivity contribution in [3.8, 4) is 11.1 Å². The van der Waals surface area contributed by atoms with Crippen molar-refractivity contribution in [1.29, 1.82) is 0 Å². The molecule has 0 heterocycles. The van der Waals surface area contributed by atoms with E-state index < -0.39 is 14.3 Å². The highest BCUT2D eigenvalue weighted by molar-refractivity contribution is 6.74. The number of hydrogen-bond acceptors (Lipinski definition) is 2. The molecule has 0 saturated carbocycles. The van der Waals surface area contributed by atoms with E-state index in [1.165, 1.54) is 5.56 Å². The second-order valence-corrected chi connectivity index (χ2v) is 17.1. The first-order valence-electron chi connectivity index (χ1n) is 14.4. The SMILES string of the molecule is CCc1cc(CCCO[Si](C)(C)C(C)(C)C)ccc1-c1ccc(CCc2cccc(C=C(C)C(=O)O)c2)cc1F. The summed E-state index contributed by atoms with van der Waals surface area (Å²) in [6, 6.07) is 19.8. The molecule has 0 aromatic heterocycles. The Kier molecular flexibility index (Phi) is 10.7. The minimum Gasteiger partial charge on any atom is -0.478 e. The van der Waals surface area contributed by atoms with Crippen LogP contribution < -0.4 is 0 Å². The fraction of sp³-hybridized carbons (Fsp3) is 0.400. The van der Waals surface area contributed by atoms with Gasteiger partial charge in [0.05, 0.1) is 0 Å². The van der Waals surface area contributed by atoms with Crippen molar-refractivity contribution in [1.82, 2.24) is 0 Å². The summed E-state index contributed by atoms with van der Waals surface area (Å²) in [4.78, 5) is 11.1. The molecule has 214 valence electrons. The van der Waals surface area contributed by atoms with Crippen LogP contribution >= 0.6 is 0 Å². The highest BCUT2D eigenvalue weighted by atomic mass is 28.4. The zero-order valence-corrected chi connectivity index (χ0v) is 26.2. The zero-order chi connectivity index (χ0) is 29.5. The Hall–Kier alpha value is -3.02. The number of halogens is 1. The van der Waals surface area contributed by atoms with Crippen LogP contribution in [0.4, 0.5) is 4.39 Å². The highest BCUT2D eigenvalue weighted by Crippen LogP contribution is 2.36. The van der Waals surface area contributed by atoms with Crippen LogP contribution in [0.2, 0.25) is 18.1 Å². The third kappa shape index (κ3) is 8.49. The summed E-state index contributed by atoms with van der Waals surface area (Å²) in [6.07, 6.45) is 5.91. The Morgan fingerprint density at radius 1 is 0.925 bits per heavy atom. The molecule has 40 heavy (non-hydrogen) atoms. The summed E-state index contributed by atoms with van der Waals surface area (Å²) >= 11 is 0. The summed E-state index contributed by atoms with van der Waals surface area (Å²) in [5.41, 5.74) is 7.23. The maximum atomic E-state index is 15.3. The van der Waals surface area contributed by atoms with Crippen LogP contribution in [0, 0.1) is 5.82 Å². The van der Waals surface area contributed by atoms with E-state index in [-0.39, 0.29) is 10.9 Å². The van der Waals surface area contributed by atoms with Crippen LogP contribution in [-0.2, 0) is 34.9 Å². The number of hydrogen-bond donors (Lipinski definition) is 1. The lowest BCUT2D eigenvalue weighted by atomic mass is 9.93. The predicted octanol–water partition coefficient (Wildman–Crippen LogP) is 9.28. The van der Waals surface area contributed by atoms with Gasteiger partial charge in [0.1, 0.15) is 5.82 Å². The molecule has 0 saturated heterocycles. The van der Waals surface area contributed by atoms with Crippen molar-refractivity contribution in [3.05, 3.63) is 99.9 Å². The molecule has 0 amide bonds. The number of aryl methyl sites for hydroxylation is 4. The van der Waals surface area contributed by atoms with Gasteiger partial charge in [0.15, 0.2) is 8.32 Å². The van der Waals surface area contributed by atoms with Crippen LogP contribution in [0.1, 0.15) is 68.9 Å². The number of aliphatic carboxylic acids is 1. The summed E-state index contributed by atoms with van der Waals surface area (Å²) in [5, 5.41) is 9.34. The first-order chi connectivity index (χ1) is 18.8. The Morgan fingerprint density at radius 2 is 1.55 bits per heavy atom.